The molecular weight excluding hydrogens is 224 g/mol. The maximum Gasteiger partial charge on any atom is 0.352 e. The molecule has 5 nitrogen and oxygen atoms in total. The summed E-state index contributed by atoms with van der Waals surface area (Å²) in [4.78, 5) is 23.2. The smallest absolute Gasteiger partial charge is 0.352 e. The van der Waals surface area contributed by atoms with Crippen LogP contribution in [-0.2, 0) is 22.0 Å². The summed E-state index contributed by atoms with van der Waals surface area (Å²) in [6.45, 7) is 0. The number of carboxylic acids is 1. The van der Waals surface area contributed by atoms with Crippen molar-refractivity contribution in [3.05, 3.63) is 11.8 Å². The fourth-order valence-electron chi connectivity index (χ4n) is 1.43. The van der Waals surface area contributed by atoms with Gasteiger partial charge in [0.05, 0.1) is 11.8 Å². The Morgan fingerprint density at radius 3 is 3.00 bits per heavy atom. The number of nitrogens with zero attached hydrogens (tertiary/aromatic N) is 2. The minimum absolute atomic E-state index is 0.00333. The third-order valence-electron chi connectivity index (χ3n) is 2.09. The second-order valence-corrected chi connectivity index (χ2v) is 4.42. The summed E-state index contributed by atoms with van der Waals surface area (Å²) >= 11 is 5.92. The van der Waals surface area contributed by atoms with Crippen molar-refractivity contribution in [2.24, 2.45) is 4.36 Å². The molecule has 14 heavy (non-hydrogen) atoms. The van der Waals surface area contributed by atoms with E-state index in [1.807, 2.05) is 0 Å². The number of carbonyl (C=O) groups is 2. The van der Waals surface area contributed by atoms with Crippen LogP contribution in [-0.4, -0.2) is 32.6 Å². The van der Waals surface area contributed by atoms with Gasteiger partial charge in [0.2, 0.25) is 5.91 Å². The van der Waals surface area contributed by atoms with Crippen molar-refractivity contribution in [2.75, 3.05) is 0 Å². The van der Waals surface area contributed by atoms with E-state index in [0.717, 1.165) is 0 Å². The predicted octanol–water partition coefficient (Wildman–Crippen LogP) is 0.317. The first-order chi connectivity index (χ1) is 6.63. The Morgan fingerprint density at radius 1 is 1.79 bits per heavy atom. The average Bonchev–Trinajstić information content (AvgIpc) is 2.14. The molecule has 2 rings (SSSR count). The minimum atomic E-state index is -1.10. The average molecular weight is 230 g/mol. The van der Waals surface area contributed by atoms with E-state index in [4.69, 9.17) is 5.11 Å². The summed E-state index contributed by atoms with van der Waals surface area (Å²) in [5.74, 6) is -1.26. The van der Waals surface area contributed by atoms with Crippen LogP contribution in [0.4, 0.5) is 0 Å². The van der Waals surface area contributed by atoms with Gasteiger partial charge >= 0.3 is 5.97 Å². The Bertz CT molecular complexity index is 355. The lowest BCUT2D eigenvalue weighted by molar-refractivity contribution is -0.146. The van der Waals surface area contributed by atoms with Gasteiger partial charge in [-0.2, -0.15) is 0 Å². The number of aliphatic carboxylic acids is 1. The van der Waals surface area contributed by atoms with Gasteiger partial charge in [-0.05, 0) is 6.08 Å². The molecule has 74 valence electrons. The number of hydrogen-bond donors (Lipinski definition) is 1. The van der Waals surface area contributed by atoms with Gasteiger partial charge < -0.3 is 5.11 Å². The summed E-state index contributed by atoms with van der Waals surface area (Å²) in [5.41, 5.74) is 0.00333. The standard InChI is InChI=1S/C7H6N2O3S2/c10-5-2-6-9(5)3(7(11)12)1-4(8-13)14-6/h1,4,6H,2H2,(H,11,12)/t4?,6-/m1/s1. The molecule has 0 aromatic carbocycles. The first-order valence-corrected chi connectivity index (χ1v) is 5.19. The molecule has 2 heterocycles. The normalized spacial score (nSPS) is 30.1. The molecule has 0 radical (unpaired) electrons. The first-order valence-electron chi connectivity index (χ1n) is 3.88. The molecular formula is C7H6N2O3S2. The Morgan fingerprint density at radius 2 is 2.50 bits per heavy atom. The van der Waals surface area contributed by atoms with Crippen LogP contribution in [0.2, 0.25) is 0 Å². The zero-order valence-corrected chi connectivity index (χ0v) is 8.55. The molecule has 0 aliphatic carbocycles. The van der Waals surface area contributed by atoms with Crippen molar-refractivity contribution in [2.45, 2.75) is 17.2 Å². The van der Waals surface area contributed by atoms with Gasteiger partial charge in [0, 0.05) is 12.4 Å². The van der Waals surface area contributed by atoms with Crippen molar-refractivity contribution in [1.29, 1.82) is 0 Å². The quantitative estimate of drug-likeness (QED) is 0.692. The van der Waals surface area contributed by atoms with Gasteiger partial charge in [0.1, 0.15) is 11.1 Å². The highest BCUT2D eigenvalue weighted by atomic mass is 32.2. The van der Waals surface area contributed by atoms with Gasteiger partial charge in [-0.15, -0.1) is 11.8 Å². The number of fused-ring (bicyclic) bond motifs is 1. The molecule has 1 unspecified atom stereocenters. The predicted molar refractivity (Wildman–Crippen MR) is 52.1 cm³/mol. The number of carbonyl (C=O) groups excluding carboxylic acids is 1. The maximum absolute atomic E-state index is 11.1. The van der Waals surface area contributed by atoms with Gasteiger partial charge in [-0.1, -0.05) is 0 Å². The van der Waals surface area contributed by atoms with Crippen LogP contribution in [0.15, 0.2) is 16.1 Å². The second-order valence-electron chi connectivity index (χ2n) is 2.91. The molecule has 2 aliphatic heterocycles. The monoisotopic (exact) mass is 230 g/mol. The van der Waals surface area contributed by atoms with Crippen molar-refractivity contribution in [1.82, 2.24) is 4.90 Å². The molecule has 0 aromatic heterocycles. The van der Waals surface area contributed by atoms with Crippen LogP contribution in [0, 0.1) is 0 Å². The summed E-state index contributed by atoms with van der Waals surface area (Å²) in [6, 6.07) is 0. The highest BCUT2D eigenvalue weighted by Crippen LogP contribution is 2.40. The summed E-state index contributed by atoms with van der Waals surface area (Å²) in [5, 5.41) is 8.41. The van der Waals surface area contributed by atoms with Crippen LogP contribution in [0.3, 0.4) is 0 Å². The maximum atomic E-state index is 11.1. The van der Waals surface area contributed by atoms with Crippen LogP contribution in [0.25, 0.3) is 0 Å². The topological polar surface area (TPSA) is 70.0 Å². The summed E-state index contributed by atoms with van der Waals surface area (Å²) in [6.07, 6.45) is 1.78. The Balaban J connectivity index is 2.32. The molecule has 1 fully saturated rings. The fourth-order valence-corrected chi connectivity index (χ4v) is 2.81. The molecule has 1 N–H and O–H groups in total. The lowest BCUT2D eigenvalue weighted by Crippen LogP contribution is -2.53. The van der Waals surface area contributed by atoms with Crippen LogP contribution >= 0.6 is 11.8 Å². The van der Waals surface area contributed by atoms with Crippen molar-refractivity contribution in [3.63, 3.8) is 0 Å². The number of β-lactam (4-membered cyclic amide) rings is 1. The molecule has 0 spiro atoms. The SMILES string of the molecule is O=C(O)C1=CC(N=S)S[C@@H]2CC(=O)N12. The van der Waals surface area contributed by atoms with E-state index >= 15 is 0 Å². The molecule has 0 aromatic rings. The van der Waals surface area contributed by atoms with Gasteiger partial charge in [-0.25, -0.2) is 9.16 Å². The van der Waals surface area contributed by atoms with E-state index in [9.17, 15) is 9.59 Å². The van der Waals surface area contributed by atoms with Crippen LogP contribution in [0.5, 0.6) is 0 Å². The fraction of sp³-hybridized carbons (Fsp3) is 0.429. The molecule has 0 bridgehead atoms. The van der Waals surface area contributed by atoms with E-state index in [-0.39, 0.29) is 22.4 Å². The first kappa shape index (κ1) is 9.60. The van der Waals surface area contributed by atoms with E-state index in [1.54, 1.807) is 0 Å². The second kappa shape index (κ2) is 3.32. The van der Waals surface area contributed by atoms with Gasteiger partial charge in [0.25, 0.3) is 0 Å². The van der Waals surface area contributed by atoms with E-state index < -0.39 is 5.97 Å². The van der Waals surface area contributed by atoms with E-state index in [2.05, 4.69) is 16.8 Å². The van der Waals surface area contributed by atoms with Crippen molar-refractivity contribution >= 4 is 36.1 Å². The van der Waals surface area contributed by atoms with Crippen LogP contribution < -0.4 is 0 Å². The van der Waals surface area contributed by atoms with E-state index in [0.29, 0.717) is 6.42 Å². The summed E-state index contributed by atoms with van der Waals surface area (Å²) < 4.78 is 3.59. The van der Waals surface area contributed by atoms with Gasteiger partial charge in [0.15, 0.2) is 0 Å². The zero-order chi connectivity index (χ0) is 10.3. The van der Waals surface area contributed by atoms with E-state index in [1.165, 1.54) is 22.7 Å². The molecule has 7 heteroatoms. The number of rotatable bonds is 2. The summed E-state index contributed by atoms with van der Waals surface area (Å²) in [7, 11) is 0. The largest absolute Gasteiger partial charge is 0.477 e. The molecule has 1 saturated heterocycles. The van der Waals surface area contributed by atoms with Gasteiger partial charge in [-0.3, -0.25) is 9.69 Å². The number of carboxylic acid groups (broad SMARTS) is 1. The molecule has 0 saturated carbocycles. The lowest BCUT2D eigenvalue weighted by atomic mass is 10.1. The van der Waals surface area contributed by atoms with Crippen LogP contribution in [0.1, 0.15) is 6.42 Å². The molecule has 2 aliphatic rings. The van der Waals surface area contributed by atoms with Crippen molar-refractivity contribution < 1.29 is 14.7 Å². The zero-order valence-electron chi connectivity index (χ0n) is 6.91. The number of thioether (sulfide) groups is 1. The lowest BCUT2D eigenvalue weighted by Gasteiger charge is -2.43. The Hall–Kier alpha value is -0.950. The molecule has 2 atom stereocenters. The number of amides is 1. The highest BCUT2D eigenvalue weighted by Gasteiger charge is 2.45. The third kappa shape index (κ3) is 1.32. The minimum Gasteiger partial charge on any atom is -0.477 e. The third-order valence-corrected chi connectivity index (χ3v) is 3.66. The molecule has 1 amide bonds. The van der Waals surface area contributed by atoms with Crippen molar-refractivity contribution in [3.8, 4) is 0 Å². The Kier molecular flexibility index (Phi) is 2.28. The Labute approximate surface area is 89.3 Å². The highest BCUT2D eigenvalue weighted by molar-refractivity contribution is 8.00. The number of hydrogen-bond acceptors (Lipinski definition) is 5.